The minimum atomic E-state index is 0.713. The molecule has 1 aromatic carbocycles. The van der Waals surface area contributed by atoms with Crippen molar-refractivity contribution in [3.05, 3.63) is 46.7 Å². The minimum Gasteiger partial charge on any atom is -0.370 e. The molecule has 3 aromatic rings. The van der Waals surface area contributed by atoms with Crippen LogP contribution in [0.1, 0.15) is 5.56 Å². The highest BCUT2D eigenvalue weighted by Gasteiger charge is 2.05. The first-order valence-electron chi connectivity index (χ1n) is 5.38. The first kappa shape index (κ1) is 11.6. The third-order valence-corrected chi connectivity index (χ3v) is 3.93. The van der Waals surface area contributed by atoms with Gasteiger partial charge in [-0.15, -0.1) is 5.10 Å². The van der Waals surface area contributed by atoms with Crippen molar-refractivity contribution < 1.29 is 0 Å². The summed E-state index contributed by atoms with van der Waals surface area (Å²) in [6.45, 7) is 0.713. The van der Waals surface area contributed by atoms with Gasteiger partial charge in [0.2, 0.25) is 0 Å². The molecular formula is C12H9BrN4S. The minimum absolute atomic E-state index is 0.713. The van der Waals surface area contributed by atoms with Crippen molar-refractivity contribution in [3.8, 4) is 0 Å². The van der Waals surface area contributed by atoms with E-state index in [0.717, 1.165) is 25.9 Å². The molecule has 0 radical (unpaired) electrons. The number of pyridine rings is 1. The monoisotopic (exact) mass is 320 g/mol. The van der Waals surface area contributed by atoms with Crippen molar-refractivity contribution >= 4 is 43.4 Å². The zero-order valence-corrected chi connectivity index (χ0v) is 11.7. The van der Waals surface area contributed by atoms with Crippen LogP contribution in [0.25, 0.3) is 10.9 Å². The normalized spacial score (nSPS) is 10.7. The highest BCUT2D eigenvalue weighted by Crippen LogP contribution is 2.25. The van der Waals surface area contributed by atoms with Gasteiger partial charge in [0.05, 0.1) is 11.7 Å². The Morgan fingerprint density at radius 3 is 3.06 bits per heavy atom. The summed E-state index contributed by atoms with van der Waals surface area (Å²) in [5.41, 5.74) is 2.17. The molecule has 0 aliphatic carbocycles. The number of fused-ring (bicyclic) bond motifs is 1. The first-order chi connectivity index (χ1) is 8.84. The molecule has 0 aliphatic rings. The van der Waals surface area contributed by atoms with Gasteiger partial charge in [-0.1, -0.05) is 32.6 Å². The molecule has 0 saturated heterocycles. The quantitative estimate of drug-likeness (QED) is 0.803. The van der Waals surface area contributed by atoms with E-state index < -0.39 is 0 Å². The summed E-state index contributed by atoms with van der Waals surface area (Å²) in [6.07, 6.45) is 3.53. The standard InChI is InChI=1S/C12H9BrN4S/c13-10-4-3-8(6-15-11-7-16-17-18-11)12-9(10)2-1-5-14-12/h1-5,7,15H,6H2. The number of nitrogens with zero attached hydrogens (tertiary/aromatic N) is 3. The van der Waals surface area contributed by atoms with Gasteiger partial charge in [0, 0.05) is 34.1 Å². The highest BCUT2D eigenvalue weighted by atomic mass is 79.9. The molecule has 2 heterocycles. The van der Waals surface area contributed by atoms with Gasteiger partial charge in [0.1, 0.15) is 5.00 Å². The molecule has 1 N–H and O–H groups in total. The Bertz CT molecular complexity index is 669. The second kappa shape index (κ2) is 4.99. The number of hydrogen-bond donors (Lipinski definition) is 1. The Balaban J connectivity index is 1.94. The van der Waals surface area contributed by atoms with E-state index in [0.29, 0.717) is 6.54 Å². The molecule has 2 aromatic heterocycles. The Morgan fingerprint density at radius 1 is 1.28 bits per heavy atom. The summed E-state index contributed by atoms with van der Waals surface area (Å²) in [5, 5.41) is 9.17. The molecule has 0 amide bonds. The predicted molar refractivity (Wildman–Crippen MR) is 76.7 cm³/mol. The molecule has 0 saturated carbocycles. The number of nitrogens with one attached hydrogen (secondary N) is 1. The molecule has 0 bridgehead atoms. The van der Waals surface area contributed by atoms with Crippen molar-refractivity contribution in [2.75, 3.05) is 5.32 Å². The zero-order chi connectivity index (χ0) is 12.4. The third-order valence-electron chi connectivity index (χ3n) is 2.61. The lowest BCUT2D eigenvalue weighted by molar-refractivity contribution is 1.13. The predicted octanol–water partition coefficient (Wildman–Crippen LogP) is 3.46. The highest BCUT2D eigenvalue weighted by molar-refractivity contribution is 9.10. The van der Waals surface area contributed by atoms with Crippen LogP contribution in [0.2, 0.25) is 0 Å². The van der Waals surface area contributed by atoms with Gasteiger partial charge in [-0.25, -0.2) is 0 Å². The van der Waals surface area contributed by atoms with Crippen molar-refractivity contribution in [2.24, 2.45) is 0 Å². The first-order valence-corrected chi connectivity index (χ1v) is 6.94. The van der Waals surface area contributed by atoms with Crippen LogP contribution in [0.15, 0.2) is 41.1 Å². The Morgan fingerprint density at radius 2 is 2.22 bits per heavy atom. The Labute approximate surface area is 116 Å². The smallest absolute Gasteiger partial charge is 0.130 e. The summed E-state index contributed by atoms with van der Waals surface area (Å²) in [7, 11) is 0. The zero-order valence-electron chi connectivity index (χ0n) is 9.30. The molecule has 6 heteroatoms. The Hall–Kier alpha value is -1.53. The van der Waals surface area contributed by atoms with Crippen LogP contribution in [0.4, 0.5) is 5.00 Å². The number of halogens is 1. The second-order valence-electron chi connectivity index (χ2n) is 3.74. The molecule has 90 valence electrons. The fourth-order valence-corrected chi connectivity index (χ4v) is 2.63. The molecule has 0 unspecified atom stereocenters. The van der Waals surface area contributed by atoms with Gasteiger partial charge in [-0.3, -0.25) is 4.98 Å². The lowest BCUT2D eigenvalue weighted by atomic mass is 10.1. The van der Waals surface area contributed by atoms with Gasteiger partial charge in [-0.05, 0) is 17.7 Å². The molecule has 0 aliphatic heterocycles. The van der Waals surface area contributed by atoms with E-state index in [4.69, 9.17) is 0 Å². The molecule has 18 heavy (non-hydrogen) atoms. The van der Waals surface area contributed by atoms with Gasteiger partial charge < -0.3 is 5.32 Å². The van der Waals surface area contributed by atoms with E-state index in [1.54, 1.807) is 6.20 Å². The largest absolute Gasteiger partial charge is 0.370 e. The van der Waals surface area contributed by atoms with E-state index in [2.05, 4.69) is 48.0 Å². The van der Waals surface area contributed by atoms with Crippen LogP contribution in [0, 0.1) is 0 Å². The molecular weight excluding hydrogens is 312 g/mol. The van der Waals surface area contributed by atoms with Crippen LogP contribution < -0.4 is 5.32 Å². The van der Waals surface area contributed by atoms with Gasteiger partial charge >= 0.3 is 0 Å². The molecule has 4 nitrogen and oxygen atoms in total. The fraction of sp³-hybridized carbons (Fsp3) is 0.0833. The number of anilines is 1. The van der Waals surface area contributed by atoms with Crippen molar-refractivity contribution in [1.82, 2.24) is 14.6 Å². The summed E-state index contributed by atoms with van der Waals surface area (Å²) >= 11 is 4.89. The van der Waals surface area contributed by atoms with E-state index in [1.807, 2.05) is 18.3 Å². The fourth-order valence-electron chi connectivity index (χ4n) is 1.77. The summed E-state index contributed by atoms with van der Waals surface area (Å²) in [5.74, 6) is 0. The van der Waals surface area contributed by atoms with Gasteiger partial charge in [0.15, 0.2) is 0 Å². The molecule has 0 fully saturated rings. The van der Waals surface area contributed by atoms with Crippen LogP contribution in [0.5, 0.6) is 0 Å². The Kier molecular flexibility index (Phi) is 3.21. The van der Waals surface area contributed by atoms with Crippen LogP contribution >= 0.6 is 27.5 Å². The average Bonchev–Trinajstić information content (AvgIpc) is 2.92. The number of aromatic nitrogens is 3. The topological polar surface area (TPSA) is 50.7 Å². The lowest BCUT2D eigenvalue weighted by Crippen LogP contribution is -1.99. The molecule has 0 atom stereocenters. The van der Waals surface area contributed by atoms with Crippen LogP contribution in [0.3, 0.4) is 0 Å². The summed E-state index contributed by atoms with van der Waals surface area (Å²) < 4.78 is 4.88. The van der Waals surface area contributed by atoms with E-state index in [1.165, 1.54) is 11.5 Å². The molecule has 3 rings (SSSR count). The average molecular weight is 321 g/mol. The van der Waals surface area contributed by atoms with E-state index in [9.17, 15) is 0 Å². The van der Waals surface area contributed by atoms with Gasteiger partial charge in [0.25, 0.3) is 0 Å². The number of benzene rings is 1. The van der Waals surface area contributed by atoms with E-state index in [-0.39, 0.29) is 0 Å². The number of rotatable bonds is 3. The van der Waals surface area contributed by atoms with Crippen molar-refractivity contribution in [2.45, 2.75) is 6.54 Å². The molecule has 0 spiro atoms. The number of hydrogen-bond acceptors (Lipinski definition) is 5. The van der Waals surface area contributed by atoms with Crippen LogP contribution in [-0.2, 0) is 6.54 Å². The summed E-state index contributed by atoms with van der Waals surface area (Å²) in [6, 6.07) is 8.12. The van der Waals surface area contributed by atoms with Crippen LogP contribution in [-0.4, -0.2) is 14.6 Å². The lowest BCUT2D eigenvalue weighted by Gasteiger charge is -2.07. The van der Waals surface area contributed by atoms with Crippen molar-refractivity contribution in [1.29, 1.82) is 0 Å². The van der Waals surface area contributed by atoms with E-state index >= 15 is 0 Å². The maximum absolute atomic E-state index is 4.44. The third kappa shape index (κ3) is 2.21. The van der Waals surface area contributed by atoms with Gasteiger partial charge in [-0.2, -0.15) is 0 Å². The maximum Gasteiger partial charge on any atom is 0.130 e. The SMILES string of the molecule is Brc1ccc(CNc2cnns2)c2ncccc12. The maximum atomic E-state index is 4.44. The van der Waals surface area contributed by atoms with Crippen molar-refractivity contribution in [3.63, 3.8) is 0 Å². The second-order valence-corrected chi connectivity index (χ2v) is 5.38. The summed E-state index contributed by atoms with van der Waals surface area (Å²) in [4.78, 5) is 4.44.